The van der Waals surface area contributed by atoms with E-state index in [1.807, 2.05) is 26.0 Å². The van der Waals surface area contributed by atoms with Crippen LogP contribution < -0.4 is 15.1 Å². The second-order valence-electron chi connectivity index (χ2n) is 8.83. The van der Waals surface area contributed by atoms with Gasteiger partial charge in [0.1, 0.15) is 12.2 Å². The molecule has 0 aliphatic heterocycles. The van der Waals surface area contributed by atoms with E-state index in [2.05, 4.69) is 27.7 Å². The Kier molecular flexibility index (Phi) is 7.79. The van der Waals surface area contributed by atoms with Crippen LogP contribution in [0, 0.1) is 12.8 Å². The second-order valence-corrected chi connectivity index (χ2v) is 8.83. The van der Waals surface area contributed by atoms with Crippen LogP contribution in [-0.2, 0) is 11.3 Å². The minimum absolute atomic E-state index is 0.0445. The normalized spacial score (nSPS) is 11.3. The first-order valence-electron chi connectivity index (χ1n) is 11.3. The summed E-state index contributed by atoms with van der Waals surface area (Å²) in [6.45, 7) is 13.1. The number of carbonyl (C=O) groups excluding carboxylic acids is 1. The molecule has 0 spiro atoms. The summed E-state index contributed by atoms with van der Waals surface area (Å²) >= 11 is 0. The molecular formula is C27H32O6. The highest BCUT2D eigenvalue weighted by Crippen LogP contribution is 2.30. The topological polar surface area (TPSA) is 75.0 Å². The number of hydrogen-bond donors (Lipinski definition) is 0. The van der Waals surface area contributed by atoms with E-state index in [1.54, 1.807) is 18.2 Å². The summed E-state index contributed by atoms with van der Waals surface area (Å²) in [6.07, 6.45) is 0. The summed E-state index contributed by atoms with van der Waals surface area (Å²) in [5, 5.41) is 0.768. The fraction of sp³-hybridized carbons (Fsp3) is 0.407. The quantitative estimate of drug-likeness (QED) is 0.292. The number of rotatable bonds is 9. The van der Waals surface area contributed by atoms with Gasteiger partial charge in [0, 0.05) is 17.0 Å². The lowest BCUT2D eigenvalue weighted by molar-refractivity contribution is 0.0473. The van der Waals surface area contributed by atoms with E-state index in [-0.39, 0.29) is 6.61 Å². The van der Waals surface area contributed by atoms with Crippen LogP contribution in [0.15, 0.2) is 45.6 Å². The summed E-state index contributed by atoms with van der Waals surface area (Å²) in [5.74, 6) is 1.25. The van der Waals surface area contributed by atoms with Crippen LogP contribution in [0.25, 0.3) is 11.0 Å². The molecule has 2 aromatic carbocycles. The molecule has 0 atom stereocenters. The number of aryl methyl sites for hydroxylation is 1. The standard InChI is InChI=1S/C27H32O6/c1-7-30-25-11-19(8-9-23(25)31-14-16(2)3)27(29)32-15-20-12-26(28)33-24-10-18(6)21(17(4)5)13-22(20)24/h8-13,16-17H,7,14-15H2,1-6H3. The Labute approximate surface area is 194 Å². The third-order valence-corrected chi connectivity index (χ3v) is 5.25. The molecule has 3 aromatic rings. The van der Waals surface area contributed by atoms with Gasteiger partial charge in [0.05, 0.1) is 18.8 Å². The van der Waals surface area contributed by atoms with E-state index in [4.69, 9.17) is 18.6 Å². The van der Waals surface area contributed by atoms with Crippen molar-refractivity contribution in [1.29, 1.82) is 0 Å². The Balaban J connectivity index is 1.85. The molecular weight excluding hydrogens is 420 g/mol. The van der Waals surface area contributed by atoms with E-state index >= 15 is 0 Å². The number of carbonyl (C=O) groups is 1. The number of fused-ring (bicyclic) bond motifs is 1. The van der Waals surface area contributed by atoms with Crippen molar-refractivity contribution in [3.05, 3.63) is 69.1 Å². The molecule has 176 valence electrons. The van der Waals surface area contributed by atoms with Gasteiger partial charge in [0.2, 0.25) is 0 Å². The maximum Gasteiger partial charge on any atom is 0.338 e. The maximum absolute atomic E-state index is 12.8. The van der Waals surface area contributed by atoms with E-state index in [1.165, 1.54) is 6.07 Å². The van der Waals surface area contributed by atoms with E-state index in [0.29, 0.717) is 53.3 Å². The van der Waals surface area contributed by atoms with Gasteiger partial charge >= 0.3 is 11.6 Å². The van der Waals surface area contributed by atoms with Gasteiger partial charge in [-0.1, -0.05) is 27.7 Å². The molecule has 0 N–H and O–H groups in total. The highest BCUT2D eigenvalue weighted by molar-refractivity contribution is 5.90. The fourth-order valence-corrected chi connectivity index (χ4v) is 3.64. The maximum atomic E-state index is 12.8. The average Bonchev–Trinajstić information content (AvgIpc) is 2.75. The summed E-state index contributed by atoms with van der Waals surface area (Å²) in [5.41, 5.74) is 3.18. The SMILES string of the molecule is CCOc1cc(C(=O)OCc2cc(=O)oc3cc(C)c(C(C)C)cc23)ccc1OCC(C)C. The smallest absolute Gasteiger partial charge is 0.338 e. The number of benzene rings is 2. The van der Waals surface area contributed by atoms with Gasteiger partial charge in [-0.15, -0.1) is 0 Å². The first-order chi connectivity index (χ1) is 15.7. The Morgan fingerprint density at radius 1 is 1.00 bits per heavy atom. The highest BCUT2D eigenvalue weighted by atomic mass is 16.5. The molecule has 0 unspecified atom stereocenters. The van der Waals surface area contributed by atoms with Crippen molar-refractivity contribution in [3.8, 4) is 11.5 Å². The summed E-state index contributed by atoms with van der Waals surface area (Å²) in [7, 11) is 0. The predicted octanol–water partition coefficient (Wildman–Crippen LogP) is 6.02. The van der Waals surface area contributed by atoms with Crippen molar-refractivity contribution in [2.75, 3.05) is 13.2 Å². The van der Waals surface area contributed by atoms with Crippen molar-refractivity contribution >= 4 is 16.9 Å². The van der Waals surface area contributed by atoms with Crippen molar-refractivity contribution in [3.63, 3.8) is 0 Å². The van der Waals surface area contributed by atoms with Crippen molar-refractivity contribution in [1.82, 2.24) is 0 Å². The van der Waals surface area contributed by atoms with Gasteiger partial charge in [0.25, 0.3) is 0 Å². The molecule has 0 saturated heterocycles. The van der Waals surface area contributed by atoms with Crippen LogP contribution in [0.2, 0.25) is 0 Å². The number of ether oxygens (including phenoxy) is 3. The van der Waals surface area contributed by atoms with Crippen molar-refractivity contribution in [2.24, 2.45) is 5.92 Å². The molecule has 0 saturated carbocycles. The Morgan fingerprint density at radius 3 is 2.42 bits per heavy atom. The van der Waals surface area contributed by atoms with Crippen LogP contribution in [0.4, 0.5) is 0 Å². The predicted molar refractivity (Wildman–Crippen MR) is 128 cm³/mol. The molecule has 33 heavy (non-hydrogen) atoms. The molecule has 1 aromatic heterocycles. The first kappa shape index (κ1) is 24.4. The van der Waals surface area contributed by atoms with Gasteiger partial charge in [-0.2, -0.15) is 0 Å². The van der Waals surface area contributed by atoms with Gasteiger partial charge in [-0.3, -0.25) is 0 Å². The molecule has 0 radical (unpaired) electrons. The Hall–Kier alpha value is -3.28. The highest BCUT2D eigenvalue weighted by Gasteiger charge is 2.16. The molecule has 0 bridgehead atoms. The lowest BCUT2D eigenvalue weighted by Gasteiger charge is -2.15. The zero-order chi connectivity index (χ0) is 24.1. The Morgan fingerprint density at radius 2 is 1.76 bits per heavy atom. The molecule has 6 nitrogen and oxygen atoms in total. The molecule has 0 fully saturated rings. The lowest BCUT2D eigenvalue weighted by atomic mass is 9.95. The van der Waals surface area contributed by atoms with Crippen molar-refractivity contribution in [2.45, 2.75) is 54.1 Å². The van der Waals surface area contributed by atoms with Crippen LogP contribution in [0.5, 0.6) is 11.5 Å². The van der Waals surface area contributed by atoms with Crippen LogP contribution >= 0.6 is 0 Å². The van der Waals surface area contributed by atoms with Gasteiger partial charge in [-0.05, 0) is 67.1 Å². The monoisotopic (exact) mass is 452 g/mol. The number of esters is 1. The van der Waals surface area contributed by atoms with Crippen LogP contribution in [0.3, 0.4) is 0 Å². The first-order valence-corrected chi connectivity index (χ1v) is 11.3. The van der Waals surface area contributed by atoms with Crippen molar-refractivity contribution < 1.29 is 23.4 Å². The average molecular weight is 453 g/mol. The zero-order valence-electron chi connectivity index (χ0n) is 20.2. The van der Waals surface area contributed by atoms with E-state index in [0.717, 1.165) is 16.5 Å². The zero-order valence-corrected chi connectivity index (χ0v) is 20.2. The van der Waals surface area contributed by atoms with Gasteiger partial charge in [0.15, 0.2) is 11.5 Å². The number of hydrogen-bond acceptors (Lipinski definition) is 6. The van der Waals surface area contributed by atoms with Crippen LogP contribution in [0.1, 0.15) is 67.6 Å². The lowest BCUT2D eigenvalue weighted by Crippen LogP contribution is -2.10. The molecule has 6 heteroatoms. The second kappa shape index (κ2) is 10.6. The largest absolute Gasteiger partial charge is 0.490 e. The minimum Gasteiger partial charge on any atom is -0.490 e. The molecule has 1 heterocycles. The van der Waals surface area contributed by atoms with Gasteiger partial charge in [-0.25, -0.2) is 9.59 Å². The van der Waals surface area contributed by atoms with E-state index in [9.17, 15) is 9.59 Å². The van der Waals surface area contributed by atoms with E-state index < -0.39 is 11.6 Å². The molecule has 0 amide bonds. The van der Waals surface area contributed by atoms with Crippen LogP contribution in [-0.4, -0.2) is 19.2 Å². The minimum atomic E-state index is -0.510. The third-order valence-electron chi connectivity index (χ3n) is 5.25. The molecule has 0 aliphatic rings. The summed E-state index contributed by atoms with van der Waals surface area (Å²) < 4.78 is 22.4. The third kappa shape index (κ3) is 5.95. The summed E-state index contributed by atoms with van der Waals surface area (Å²) in [6, 6.07) is 10.2. The van der Waals surface area contributed by atoms with Gasteiger partial charge < -0.3 is 18.6 Å². The fourth-order valence-electron chi connectivity index (χ4n) is 3.64. The Bertz CT molecular complexity index is 1190. The molecule has 0 aliphatic carbocycles. The molecule has 3 rings (SSSR count). The summed E-state index contributed by atoms with van der Waals surface area (Å²) in [4.78, 5) is 24.9.